The van der Waals surface area contributed by atoms with Crippen LogP contribution in [0.4, 0.5) is 32.8 Å². The number of fused-ring (bicyclic) bond motifs is 1. The number of hydrogen-bond donors (Lipinski definition) is 3. The van der Waals surface area contributed by atoms with Crippen molar-refractivity contribution in [3.05, 3.63) is 53.3 Å². The van der Waals surface area contributed by atoms with Gasteiger partial charge in [0.2, 0.25) is 5.91 Å². The molecule has 12 nitrogen and oxygen atoms in total. The van der Waals surface area contributed by atoms with Gasteiger partial charge in [-0.2, -0.15) is 13.2 Å². The Bertz CT molecular complexity index is 1500. The van der Waals surface area contributed by atoms with Crippen LogP contribution in [0.25, 0.3) is 0 Å². The second-order valence-electron chi connectivity index (χ2n) is 11.3. The van der Waals surface area contributed by atoms with E-state index in [1.165, 1.54) is 35.2 Å². The molecule has 3 aliphatic heterocycles. The smallest absolute Gasteiger partial charge is 0.422 e. The van der Waals surface area contributed by atoms with Crippen molar-refractivity contribution in [2.24, 2.45) is 5.73 Å². The molecule has 3 heterocycles. The van der Waals surface area contributed by atoms with Crippen molar-refractivity contribution in [2.45, 2.75) is 63.1 Å². The summed E-state index contributed by atoms with van der Waals surface area (Å²) in [6.45, 7) is -1.21. The number of rotatable bonds is 8. The number of carboxylic acid groups (broad SMARTS) is 1. The maximum Gasteiger partial charge on any atom is 0.422 e. The number of carbonyl (C=O) groups is 3. The summed E-state index contributed by atoms with van der Waals surface area (Å²) in [5.74, 6) is -1.24. The number of halogens is 4. The first-order chi connectivity index (χ1) is 21.8. The number of hydrogen-bond acceptors (Lipinski definition) is 7. The highest BCUT2D eigenvalue weighted by Gasteiger charge is 2.37. The normalized spacial score (nSPS) is 20.5. The Labute approximate surface area is 261 Å². The standard InChI is InChI=1S/C30H33F4N5O7/c31-22-2-1-3-23-21(22)15-44-29(43)39(23)18-6-9-37(10-7-18)26(40)12-17-4-5-19(14-25(17)45-16-30(32,33)34)46-20-8-11-38(28(41)42)24(13-20)27(35)36/h1-5,14,18,20,24H,6-13,15-16H2,(H3,35,36)(H,41,42). The number of ether oxygens (including phenoxy) is 3. The number of amidine groups is 1. The minimum absolute atomic E-state index is 0.0489. The fourth-order valence-electron chi connectivity index (χ4n) is 6.02. The van der Waals surface area contributed by atoms with Gasteiger partial charge in [0.15, 0.2) is 6.61 Å². The fourth-order valence-corrected chi connectivity index (χ4v) is 6.02. The van der Waals surface area contributed by atoms with Gasteiger partial charge in [0, 0.05) is 55.7 Å². The highest BCUT2D eigenvalue weighted by atomic mass is 19.4. The van der Waals surface area contributed by atoms with Gasteiger partial charge >= 0.3 is 18.4 Å². The summed E-state index contributed by atoms with van der Waals surface area (Å²) in [6, 6.07) is 7.38. The van der Waals surface area contributed by atoms with Crippen LogP contribution in [0, 0.1) is 11.2 Å². The molecule has 2 saturated heterocycles. The highest BCUT2D eigenvalue weighted by molar-refractivity contribution is 5.91. The summed E-state index contributed by atoms with van der Waals surface area (Å²) < 4.78 is 69.7. The van der Waals surface area contributed by atoms with Crippen molar-refractivity contribution in [1.82, 2.24) is 9.80 Å². The maximum absolute atomic E-state index is 14.3. The van der Waals surface area contributed by atoms with Gasteiger partial charge < -0.3 is 30.0 Å². The zero-order valence-electron chi connectivity index (χ0n) is 24.6. The average Bonchev–Trinajstić information content (AvgIpc) is 3.00. The average molecular weight is 652 g/mol. The van der Waals surface area contributed by atoms with Gasteiger partial charge in [-0.05, 0) is 31.0 Å². The first-order valence-electron chi connectivity index (χ1n) is 14.6. The number of piperidine rings is 2. The van der Waals surface area contributed by atoms with Crippen molar-refractivity contribution in [2.75, 3.05) is 31.1 Å². The Balaban J connectivity index is 1.25. The SMILES string of the molecule is N=C(N)C1CC(Oc2ccc(CC(=O)N3CCC(N4C(=O)OCc5c(F)cccc54)CC3)c(OCC(F)(F)F)c2)CCN1C(=O)O. The van der Waals surface area contributed by atoms with Crippen LogP contribution in [0.2, 0.25) is 0 Å². The number of benzene rings is 2. The third kappa shape index (κ3) is 7.37. The van der Waals surface area contributed by atoms with Crippen molar-refractivity contribution in [1.29, 1.82) is 5.41 Å². The molecule has 248 valence electrons. The summed E-state index contributed by atoms with van der Waals surface area (Å²) in [6.07, 6.45) is -6.21. The molecule has 0 radical (unpaired) electrons. The van der Waals surface area contributed by atoms with Crippen LogP contribution in [0.1, 0.15) is 36.8 Å². The molecule has 0 saturated carbocycles. The molecule has 2 fully saturated rings. The molecule has 0 bridgehead atoms. The number of cyclic esters (lactones) is 1. The summed E-state index contributed by atoms with van der Waals surface area (Å²) in [5.41, 5.74) is 6.50. The largest absolute Gasteiger partial charge is 0.490 e. The molecule has 4 N–H and O–H groups in total. The molecule has 0 aromatic heterocycles. The van der Waals surface area contributed by atoms with E-state index in [0.29, 0.717) is 18.5 Å². The van der Waals surface area contributed by atoms with E-state index >= 15 is 0 Å². The fraction of sp³-hybridized carbons (Fsp3) is 0.467. The molecule has 2 unspecified atom stereocenters. The molecule has 0 spiro atoms. The van der Waals surface area contributed by atoms with Crippen LogP contribution >= 0.6 is 0 Å². The molecule has 3 amide bonds. The lowest BCUT2D eigenvalue weighted by molar-refractivity contribution is -0.153. The zero-order chi connectivity index (χ0) is 33.2. The Morgan fingerprint density at radius 2 is 1.85 bits per heavy atom. The van der Waals surface area contributed by atoms with E-state index in [9.17, 15) is 37.1 Å². The van der Waals surface area contributed by atoms with E-state index in [0.717, 1.165) is 4.90 Å². The van der Waals surface area contributed by atoms with E-state index < -0.39 is 42.9 Å². The van der Waals surface area contributed by atoms with Gasteiger partial charge in [0.05, 0.1) is 18.2 Å². The lowest BCUT2D eigenvalue weighted by atomic mass is 9.98. The number of likely N-dealkylation sites (tertiary alicyclic amines) is 2. The lowest BCUT2D eigenvalue weighted by Crippen LogP contribution is -2.53. The number of anilines is 1. The number of nitrogens with zero attached hydrogens (tertiary/aromatic N) is 3. The Kier molecular flexibility index (Phi) is 9.44. The molecule has 2 atom stereocenters. The molecule has 46 heavy (non-hydrogen) atoms. The second-order valence-corrected chi connectivity index (χ2v) is 11.3. The van der Waals surface area contributed by atoms with E-state index in [1.54, 1.807) is 11.0 Å². The molecule has 16 heteroatoms. The van der Waals surface area contributed by atoms with E-state index in [1.807, 2.05) is 0 Å². The summed E-state index contributed by atoms with van der Waals surface area (Å²) >= 11 is 0. The Morgan fingerprint density at radius 1 is 1.11 bits per heavy atom. The summed E-state index contributed by atoms with van der Waals surface area (Å²) in [7, 11) is 0. The summed E-state index contributed by atoms with van der Waals surface area (Å²) in [5, 5.41) is 17.1. The van der Waals surface area contributed by atoms with Gasteiger partial charge in [0.25, 0.3) is 0 Å². The van der Waals surface area contributed by atoms with Crippen molar-refractivity contribution in [3.63, 3.8) is 0 Å². The monoisotopic (exact) mass is 651 g/mol. The van der Waals surface area contributed by atoms with Gasteiger partial charge in [-0.25, -0.2) is 14.0 Å². The molecular formula is C30H33F4N5O7. The van der Waals surface area contributed by atoms with Crippen LogP contribution in [0.3, 0.4) is 0 Å². The minimum atomic E-state index is -4.64. The Morgan fingerprint density at radius 3 is 2.52 bits per heavy atom. The first-order valence-corrected chi connectivity index (χ1v) is 14.6. The zero-order valence-corrected chi connectivity index (χ0v) is 24.6. The van der Waals surface area contributed by atoms with Crippen molar-refractivity contribution >= 4 is 29.6 Å². The Hall–Kier alpha value is -4.76. The molecule has 0 aliphatic carbocycles. The number of alkyl halides is 3. The predicted octanol–water partition coefficient (Wildman–Crippen LogP) is 4.28. The van der Waals surface area contributed by atoms with Crippen molar-refractivity contribution < 1.29 is 51.3 Å². The van der Waals surface area contributed by atoms with Crippen LogP contribution in [-0.2, 0) is 22.6 Å². The van der Waals surface area contributed by atoms with Crippen LogP contribution in [0.15, 0.2) is 36.4 Å². The summed E-state index contributed by atoms with van der Waals surface area (Å²) in [4.78, 5) is 41.4. The van der Waals surface area contributed by atoms with Gasteiger partial charge in [-0.1, -0.05) is 12.1 Å². The minimum Gasteiger partial charge on any atom is -0.490 e. The van der Waals surface area contributed by atoms with Crippen LogP contribution in [0.5, 0.6) is 11.5 Å². The van der Waals surface area contributed by atoms with Gasteiger partial charge in [-0.15, -0.1) is 0 Å². The molecule has 2 aromatic rings. The third-order valence-corrected chi connectivity index (χ3v) is 8.31. The maximum atomic E-state index is 14.3. The number of nitrogens with one attached hydrogen (secondary N) is 1. The predicted molar refractivity (Wildman–Crippen MR) is 154 cm³/mol. The molecule has 3 aliphatic rings. The topological polar surface area (TPSA) is 159 Å². The van der Waals surface area contributed by atoms with E-state index in [2.05, 4.69) is 0 Å². The second kappa shape index (κ2) is 13.3. The molecule has 5 rings (SSSR count). The lowest BCUT2D eigenvalue weighted by Gasteiger charge is -2.40. The number of carbonyl (C=O) groups excluding carboxylic acids is 2. The van der Waals surface area contributed by atoms with E-state index in [4.69, 9.17) is 25.4 Å². The molecule has 2 aromatic carbocycles. The quantitative estimate of drug-likeness (QED) is 0.217. The first kappa shape index (κ1) is 32.6. The molecular weight excluding hydrogens is 618 g/mol. The van der Waals surface area contributed by atoms with Crippen LogP contribution in [-0.4, -0.2) is 89.4 Å². The van der Waals surface area contributed by atoms with E-state index in [-0.39, 0.29) is 85.9 Å². The number of nitrogens with two attached hydrogens (primary N) is 1. The van der Waals surface area contributed by atoms with Gasteiger partial charge in [0.1, 0.15) is 35.9 Å². The van der Waals surface area contributed by atoms with Crippen molar-refractivity contribution in [3.8, 4) is 11.5 Å². The number of amides is 3. The highest BCUT2D eigenvalue weighted by Crippen LogP contribution is 2.34. The van der Waals surface area contributed by atoms with Crippen LogP contribution < -0.4 is 20.1 Å². The van der Waals surface area contributed by atoms with Gasteiger partial charge in [-0.3, -0.25) is 20.0 Å². The third-order valence-electron chi connectivity index (χ3n) is 8.31.